The molecule has 1 fully saturated rings. The van der Waals surface area contributed by atoms with Gasteiger partial charge in [0.05, 0.1) is 6.42 Å². The summed E-state index contributed by atoms with van der Waals surface area (Å²) in [6, 6.07) is 7.94. The van der Waals surface area contributed by atoms with Crippen LogP contribution in [0.4, 0.5) is 5.69 Å². The third-order valence-corrected chi connectivity index (χ3v) is 4.33. The van der Waals surface area contributed by atoms with E-state index in [1.165, 1.54) is 5.75 Å². The zero-order valence-electron chi connectivity index (χ0n) is 10.1. The number of hydrogen-bond donors (Lipinski definition) is 1. The Labute approximate surface area is 106 Å². The number of carbonyl (C=O) groups excluding carboxylic acids is 1. The van der Waals surface area contributed by atoms with Gasteiger partial charge in [0, 0.05) is 24.5 Å². The average molecular weight is 250 g/mol. The van der Waals surface area contributed by atoms with Crippen molar-refractivity contribution >= 4 is 23.4 Å². The van der Waals surface area contributed by atoms with E-state index in [2.05, 4.69) is 0 Å². The Bertz CT molecular complexity index is 385. The number of thioether (sulfide) groups is 1. The van der Waals surface area contributed by atoms with E-state index in [0.29, 0.717) is 12.5 Å². The van der Waals surface area contributed by atoms with Gasteiger partial charge in [-0.3, -0.25) is 4.79 Å². The number of likely N-dealkylation sites (N-methyl/N-ethyl adjacent to an activating group) is 1. The van der Waals surface area contributed by atoms with Gasteiger partial charge in [0.1, 0.15) is 0 Å². The van der Waals surface area contributed by atoms with E-state index in [1.54, 1.807) is 0 Å². The highest BCUT2D eigenvalue weighted by Gasteiger charge is 2.23. The smallest absolute Gasteiger partial charge is 0.227 e. The topological polar surface area (TPSA) is 46.3 Å². The first-order valence-corrected chi connectivity index (χ1v) is 7.00. The summed E-state index contributed by atoms with van der Waals surface area (Å²) in [6.07, 6.45) is 1.59. The lowest BCUT2D eigenvalue weighted by molar-refractivity contribution is -0.130. The van der Waals surface area contributed by atoms with Crippen LogP contribution in [0.2, 0.25) is 0 Å². The second-order valence-electron chi connectivity index (χ2n) is 4.44. The highest BCUT2D eigenvalue weighted by atomic mass is 32.2. The van der Waals surface area contributed by atoms with Gasteiger partial charge in [0.25, 0.3) is 0 Å². The molecule has 1 aliphatic heterocycles. The van der Waals surface area contributed by atoms with Crippen molar-refractivity contribution < 1.29 is 4.79 Å². The molecule has 1 aliphatic rings. The molecule has 0 aliphatic carbocycles. The van der Waals surface area contributed by atoms with Gasteiger partial charge in [-0.2, -0.15) is 11.8 Å². The van der Waals surface area contributed by atoms with Crippen LogP contribution in [-0.2, 0) is 11.2 Å². The lowest BCUT2D eigenvalue weighted by atomic mass is 10.1. The summed E-state index contributed by atoms with van der Waals surface area (Å²) in [6.45, 7) is 0. The maximum Gasteiger partial charge on any atom is 0.227 e. The van der Waals surface area contributed by atoms with E-state index >= 15 is 0 Å². The number of anilines is 1. The van der Waals surface area contributed by atoms with Gasteiger partial charge in [0.2, 0.25) is 5.91 Å². The van der Waals surface area contributed by atoms with Gasteiger partial charge >= 0.3 is 0 Å². The molecule has 0 bridgehead atoms. The van der Waals surface area contributed by atoms with E-state index in [-0.39, 0.29) is 5.91 Å². The molecule has 92 valence electrons. The van der Waals surface area contributed by atoms with Gasteiger partial charge in [-0.1, -0.05) is 12.1 Å². The van der Waals surface area contributed by atoms with Crippen molar-refractivity contribution in [3.8, 4) is 0 Å². The fraction of sp³-hybridized carbons (Fsp3) is 0.462. The summed E-state index contributed by atoms with van der Waals surface area (Å²) >= 11 is 1.93. The SMILES string of the molecule is CN(C(=O)Cc1ccc(N)cc1)C1CCSC1. The van der Waals surface area contributed by atoms with E-state index in [4.69, 9.17) is 5.73 Å². The zero-order valence-corrected chi connectivity index (χ0v) is 10.9. The Kier molecular flexibility index (Phi) is 3.94. The summed E-state index contributed by atoms with van der Waals surface area (Å²) in [5.41, 5.74) is 7.39. The van der Waals surface area contributed by atoms with Gasteiger partial charge in [0.15, 0.2) is 0 Å². The molecule has 0 radical (unpaired) electrons. The molecule has 4 heteroatoms. The van der Waals surface area contributed by atoms with E-state index < -0.39 is 0 Å². The predicted octanol–water partition coefficient (Wildman–Crippen LogP) is 1.78. The number of rotatable bonds is 3. The van der Waals surface area contributed by atoms with Crippen molar-refractivity contribution in [2.45, 2.75) is 18.9 Å². The fourth-order valence-corrected chi connectivity index (χ4v) is 3.23. The second-order valence-corrected chi connectivity index (χ2v) is 5.59. The van der Waals surface area contributed by atoms with Crippen LogP contribution in [0.3, 0.4) is 0 Å². The van der Waals surface area contributed by atoms with E-state index in [9.17, 15) is 4.79 Å². The van der Waals surface area contributed by atoms with Crippen molar-refractivity contribution in [1.82, 2.24) is 4.90 Å². The first-order chi connectivity index (χ1) is 8.16. The lowest BCUT2D eigenvalue weighted by Gasteiger charge is -2.23. The van der Waals surface area contributed by atoms with Crippen molar-refractivity contribution in [3.63, 3.8) is 0 Å². The molecule has 1 unspecified atom stereocenters. The highest BCUT2D eigenvalue weighted by molar-refractivity contribution is 7.99. The molecule has 3 nitrogen and oxygen atoms in total. The summed E-state index contributed by atoms with van der Waals surface area (Å²) in [5.74, 6) is 2.44. The number of nitrogens with zero attached hydrogens (tertiary/aromatic N) is 1. The molecule has 0 saturated carbocycles. The second kappa shape index (κ2) is 5.45. The minimum atomic E-state index is 0.197. The molecule has 1 atom stereocenters. The Morgan fingerprint density at radius 2 is 2.18 bits per heavy atom. The number of nitrogens with two attached hydrogens (primary N) is 1. The molecule has 17 heavy (non-hydrogen) atoms. The van der Waals surface area contributed by atoms with Crippen LogP contribution in [0.15, 0.2) is 24.3 Å². The van der Waals surface area contributed by atoms with Crippen molar-refractivity contribution in [3.05, 3.63) is 29.8 Å². The standard InChI is InChI=1S/C13H18N2OS/c1-15(12-6-7-17-9-12)13(16)8-10-2-4-11(14)5-3-10/h2-5,12H,6-9,14H2,1H3. The first-order valence-electron chi connectivity index (χ1n) is 5.84. The summed E-state index contributed by atoms with van der Waals surface area (Å²) < 4.78 is 0. The quantitative estimate of drug-likeness (QED) is 0.832. The van der Waals surface area contributed by atoms with Gasteiger partial charge < -0.3 is 10.6 Å². The lowest BCUT2D eigenvalue weighted by Crippen LogP contribution is -2.37. The first kappa shape index (κ1) is 12.3. The predicted molar refractivity (Wildman–Crippen MR) is 73.1 cm³/mol. The van der Waals surface area contributed by atoms with Crippen molar-refractivity contribution in [2.75, 3.05) is 24.3 Å². The number of hydrogen-bond acceptors (Lipinski definition) is 3. The molecule has 1 aromatic carbocycles. The Balaban J connectivity index is 1.93. The Hall–Kier alpha value is -1.16. The van der Waals surface area contributed by atoms with Crippen LogP contribution in [0.5, 0.6) is 0 Å². The summed E-state index contributed by atoms with van der Waals surface area (Å²) in [5, 5.41) is 0. The summed E-state index contributed by atoms with van der Waals surface area (Å²) in [4.78, 5) is 14.0. The molecule has 2 N–H and O–H groups in total. The van der Waals surface area contributed by atoms with Crippen LogP contribution in [0.25, 0.3) is 0 Å². The number of nitrogen functional groups attached to an aromatic ring is 1. The minimum Gasteiger partial charge on any atom is -0.399 e. The average Bonchev–Trinajstić information content (AvgIpc) is 2.84. The van der Waals surface area contributed by atoms with Crippen LogP contribution in [0, 0.1) is 0 Å². The molecule has 0 aromatic heterocycles. The largest absolute Gasteiger partial charge is 0.399 e. The normalized spacial score (nSPS) is 19.2. The maximum absolute atomic E-state index is 12.1. The van der Waals surface area contributed by atoms with E-state index in [0.717, 1.165) is 23.4 Å². The molecule has 1 amide bonds. The van der Waals surface area contributed by atoms with E-state index in [1.807, 2.05) is 48.0 Å². The highest BCUT2D eigenvalue weighted by Crippen LogP contribution is 2.21. The van der Waals surface area contributed by atoms with Crippen LogP contribution in [-0.4, -0.2) is 35.4 Å². The molecule has 1 aromatic rings. The van der Waals surface area contributed by atoms with Crippen LogP contribution >= 0.6 is 11.8 Å². The van der Waals surface area contributed by atoms with Gasteiger partial charge in [-0.25, -0.2) is 0 Å². The molecule has 2 rings (SSSR count). The monoisotopic (exact) mass is 250 g/mol. The third kappa shape index (κ3) is 3.16. The van der Waals surface area contributed by atoms with Gasteiger partial charge in [-0.05, 0) is 29.9 Å². The molecule has 1 heterocycles. The zero-order chi connectivity index (χ0) is 12.3. The number of carbonyl (C=O) groups is 1. The van der Waals surface area contributed by atoms with Crippen molar-refractivity contribution in [1.29, 1.82) is 0 Å². The Morgan fingerprint density at radius 1 is 1.47 bits per heavy atom. The molecular weight excluding hydrogens is 232 g/mol. The minimum absolute atomic E-state index is 0.197. The summed E-state index contributed by atoms with van der Waals surface area (Å²) in [7, 11) is 1.91. The van der Waals surface area contributed by atoms with Crippen LogP contribution in [0.1, 0.15) is 12.0 Å². The van der Waals surface area contributed by atoms with Crippen LogP contribution < -0.4 is 5.73 Å². The van der Waals surface area contributed by atoms with Crippen molar-refractivity contribution in [2.24, 2.45) is 0 Å². The molecule has 0 spiro atoms. The number of amides is 1. The fourth-order valence-electron chi connectivity index (χ4n) is 1.97. The van der Waals surface area contributed by atoms with Gasteiger partial charge in [-0.15, -0.1) is 0 Å². The maximum atomic E-state index is 12.1. The third-order valence-electron chi connectivity index (χ3n) is 3.18. The number of benzene rings is 1. The molecule has 1 saturated heterocycles. The Morgan fingerprint density at radius 3 is 2.76 bits per heavy atom. The molecular formula is C13H18N2OS.